The molecular formula is C18H36N2O. The van der Waals surface area contributed by atoms with Crippen LogP contribution in [0.15, 0.2) is 0 Å². The summed E-state index contributed by atoms with van der Waals surface area (Å²) < 4.78 is 6.03. The normalized spacial score (nSPS) is 35.3. The van der Waals surface area contributed by atoms with Crippen LogP contribution in [0.2, 0.25) is 0 Å². The van der Waals surface area contributed by atoms with E-state index in [1.165, 1.54) is 45.1 Å². The lowest BCUT2D eigenvalue weighted by Gasteiger charge is -2.51. The average Bonchev–Trinajstić information content (AvgIpc) is 2.53. The molecule has 3 atom stereocenters. The lowest BCUT2D eigenvalue weighted by Crippen LogP contribution is -2.60. The molecule has 1 aliphatic carbocycles. The van der Waals surface area contributed by atoms with Gasteiger partial charge in [0.15, 0.2) is 0 Å². The van der Waals surface area contributed by atoms with E-state index in [1.807, 2.05) is 0 Å². The van der Waals surface area contributed by atoms with Crippen molar-refractivity contribution >= 4 is 0 Å². The number of hydrogen-bond donors (Lipinski definition) is 1. The Hall–Kier alpha value is -0.120. The van der Waals surface area contributed by atoms with E-state index in [0.29, 0.717) is 6.10 Å². The molecule has 2 N–H and O–H groups in total. The van der Waals surface area contributed by atoms with E-state index in [0.717, 1.165) is 38.0 Å². The van der Waals surface area contributed by atoms with Gasteiger partial charge in [-0.05, 0) is 50.5 Å². The Morgan fingerprint density at radius 2 is 2.10 bits per heavy atom. The molecule has 3 unspecified atom stereocenters. The van der Waals surface area contributed by atoms with Crippen molar-refractivity contribution in [2.24, 2.45) is 17.6 Å². The minimum atomic E-state index is 0.251. The summed E-state index contributed by atoms with van der Waals surface area (Å²) in [7, 11) is 0. The zero-order valence-electron chi connectivity index (χ0n) is 14.4. The molecule has 21 heavy (non-hydrogen) atoms. The summed E-state index contributed by atoms with van der Waals surface area (Å²) in [6.45, 7) is 11.0. The van der Waals surface area contributed by atoms with Gasteiger partial charge in [-0.3, -0.25) is 4.90 Å². The van der Waals surface area contributed by atoms with Crippen molar-refractivity contribution in [2.45, 2.75) is 77.4 Å². The zero-order chi connectivity index (χ0) is 15.3. The number of likely N-dealkylation sites (tertiary alicyclic amines) is 1. The highest BCUT2D eigenvalue weighted by molar-refractivity contribution is 4.99. The molecule has 1 saturated carbocycles. The van der Waals surface area contributed by atoms with Crippen molar-refractivity contribution in [2.75, 3.05) is 26.2 Å². The number of hydrogen-bond acceptors (Lipinski definition) is 3. The predicted molar refractivity (Wildman–Crippen MR) is 89.4 cm³/mol. The van der Waals surface area contributed by atoms with E-state index < -0.39 is 0 Å². The molecule has 0 aromatic carbocycles. The first-order valence-electron chi connectivity index (χ1n) is 9.18. The van der Waals surface area contributed by atoms with Crippen molar-refractivity contribution < 1.29 is 4.74 Å². The van der Waals surface area contributed by atoms with Crippen LogP contribution in [0.1, 0.15) is 65.7 Å². The smallest absolute Gasteiger partial charge is 0.0702 e. The van der Waals surface area contributed by atoms with E-state index in [9.17, 15) is 0 Å². The van der Waals surface area contributed by atoms with Crippen LogP contribution in [0.3, 0.4) is 0 Å². The van der Waals surface area contributed by atoms with E-state index in [-0.39, 0.29) is 5.54 Å². The summed E-state index contributed by atoms with van der Waals surface area (Å²) in [5, 5.41) is 0. The summed E-state index contributed by atoms with van der Waals surface area (Å²) in [4.78, 5) is 2.70. The third-order valence-electron chi connectivity index (χ3n) is 5.79. The van der Waals surface area contributed by atoms with Crippen molar-refractivity contribution in [1.82, 2.24) is 4.90 Å². The topological polar surface area (TPSA) is 38.5 Å². The molecule has 2 rings (SSSR count). The number of ether oxygens (including phenoxy) is 1. The third kappa shape index (κ3) is 4.20. The quantitative estimate of drug-likeness (QED) is 0.816. The first kappa shape index (κ1) is 17.2. The van der Waals surface area contributed by atoms with Crippen LogP contribution < -0.4 is 5.73 Å². The molecule has 0 radical (unpaired) electrons. The van der Waals surface area contributed by atoms with Crippen LogP contribution in [0, 0.1) is 11.8 Å². The molecule has 124 valence electrons. The second-order valence-corrected chi connectivity index (χ2v) is 7.61. The predicted octanol–water partition coefficient (Wildman–Crippen LogP) is 3.42. The van der Waals surface area contributed by atoms with Crippen LogP contribution in [0.4, 0.5) is 0 Å². The Bertz CT molecular complexity index is 308. The molecule has 3 nitrogen and oxygen atoms in total. The standard InChI is InChI=1S/C18H36N2O/c1-4-11-21-17-8-6-10-20(13-17)18(14-19)9-5-7-16(12-18)15(2)3/h15-17H,4-14,19H2,1-3H3. The molecule has 2 fully saturated rings. The maximum absolute atomic E-state index is 6.29. The van der Waals surface area contributed by atoms with Crippen molar-refractivity contribution in [3.8, 4) is 0 Å². The van der Waals surface area contributed by atoms with Crippen LogP contribution in [0.25, 0.3) is 0 Å². The number of nitrogens with zero attached hydrogens (tertiary/aromatic N) is 1. The molecule has 1 saturated heterocycles. The minimum Gasteiger partial charge on any atom is -0.377 e. The Kier molecular flexibility index (Phi) is 6.51. The minimum absolute atomic E-state index is 0.251. The average molecular weight is 296 g/mol. The molecule has 1 aliphatic heterocycles. The second kappa shape index (κ2) is 7.94. The molecule has 0 aromatic heterocycles. The first-order chi connectivity index (χ1) is 10.1. The lowest BCUT2D eigenvalue weighted by molar-refractivity contribution is -0.0556. The molecule has 0 aromatic rings. The maximum atomic E-state index is 6.29. The summed E-state index contributed by atoms with van der Waals surface area (Å²) in [6, 6.07) is 0. The van der Waals surface area contributed by atoms with Gasteiger partial charge < -0.3 is 10.5 Å². The Labute approximate surface area is 131 Å². The van der Waals surface area contributed by atoms with Crippen molar-refractivity contribution in [3.63, 3.8) is 0 Å². The van der Waals surface area contributed by atoms with Crippen LogP contribution >= 0.6 is 0 Å². The molecule has 2 aliphatic rings. The molecule has 1 heterocycles. The first-order valence-corrected chi connectivity index (χ1v) is 9.18. The highest BCUT2D eigenvalue weighted by atomic mass is 16.5. The van der Waals surface area contributed by atoms with Crippen LogP contribution in [-0.4, -0.2) is 42.8 Å². The van der Waals surface area contributed by atoms with Gasteiger partial charge in [-0.15, -0.1) is 0 Å². The molecule has 0 bridgehead atoms. The molecule has 0 spiro atoms. The van der Waals surface area contributed by atoms with E-state index in [2.05, 4.69) is 25.7 Å². The van der Waals surface area contributed by atoms with Gasteiger partial charge in [0.05, 0.1) is 6.10 Å². The van der Waals surface area contributed by atoms with Gasteiger partial charge in [-0.1, -0.05) is 33.6 Å². The van der Waals surface area contributed by atoms with Gasteiger partial charge >= 0.3 is 0 Å². The molecule has 3 heteroatoms. The van der Waals surface area contributed by atoms with Crippen molar-refractivity contribution in [1.29, 1.82) is 0 Å². The SMILES string of the molecule is CCCOC1CCCN(C2(CN)CCCC(C(C)C)C2)C1. The summed E-state index contributed by atoms with van der Waals surface area (Å²) >= 11 is 0. The van der Waals surface area contributed by atoms with Gasteiger partial charge in [0.1, 0.15) is 0 Å². The van der Waals surface area contributed by atoms with E-state index >= 15 is 0 Å². The largest absolute Gasteiger partial charge is 0.377 e. The highest BCUT2D eigenvalue weighted by Crippen LogP contribution is 2.40. The zero-order valence-corrected chi connectivity index (χ0v) is 14.4. The fraction of sp³-hybridized carbons (Fsp3) is 1.00. The molecular weight excluding hydrogens is 260 g/mol. The number of rotatable bonds is 6. The molecule has 0 amide bonds. The Morgan fingerprint density at radius 1 is 1.29 bits per heavy atom. The fourth-order valence-electron chi connectivity index (χ4n) is 4.35. The van der Waals surface area contributed by atoms with Gasteiger partial charge in [0, 0.05) is 25.2 Å². The summed E-state index contributed by atoms with van der Waals surface area (Å²) in [6.07, 6.45) is 9.36. The Balaban J connectivity index is 2.01. The van der Waals surface area contributed by atoms with Crippen LogP contribution in [-0.2, 0) is 4.74 Å². The fourth-order valence-corrected chi connectivity index (χ4v) is 4.35. The van der Waals surface area contributed by atoms with Gasteiger partial charge in [-0.2, -0.15) is 0 Å². The number of nitrogens with two attached hydrogens (primary N) is 1. The van der Waals surface area contributed by atoms with Crippen molar-refractivity contribution in [3.05, 3.63) is 0 Å². The van der Waals surface area contributed by atoms with Gasteiger partial charge in [0.25, 0.3) is 0 Å². The summed E-state index contributed by atoms with van der Waals surface area (Å²) in [5.74, 6) is 1.63. The monoisotopic (exact) mass is 296 g/mol. The lowest BCUT2D eigenvalue weighted by atomic mass is 9.70. The Morgan fingerprint density at radius 3 is 2.76 bits per heavy atom. The third-order valence-corrected chi connectivity index (χ3v) is 5.79. The number of piperidine rings is 1. The van der Waals surface area contributed by atoms with Crippen LogP contribution in [0.5, 0.6) is 0 Å². The van der Waals surface area contributed by atoms with E-state index in [4.69, 9.17) is 10.5 Å². The van der Waals surface area contributed by atoms with Gasteiger partial charge in [-0.25, -0.2) is 0 Å². The van der Waals surface area contributed by atoms with Gasteiger partial charge in [0.2, 0.25) is 0 Å². The van der Waals surface area contributed by atoms with E-state index in [1.54, 1.807) is 0 Å². The second-order valence-electron chi connectivity index (χ2n) is 7.61. The summed E-state index contributed by atoms with van der Waals surface area (Å²) in [5.41, 5.74) is 6.55. The maximum Gasteiger partial charge on any atom is 0.0702 e. The highest BCUT2D eigenvalue weighted by Gasteiger charge is 2.42.